The van der Waals surface area contributed by atoms with Gasteiger partial charge in [-0.2, -0.15) is 13.2 Å². The molecule has 1 N–H and O–H groups in total. The summed E-state index contributed by atoms with van der Waals surface area (Å²) in [4.78, 5) is 0. The molecule has 0 heterocycles. The third-order valence-corrected chi connectivity index (χ3v) is 4.16. The van der Waals surface area contributed by atoms with E-state index in [0.717, 1.165) is 37.5 Å². The van der Waals surface area contributed by atoms with E-state index in [1.807, 2.05) is 0 Å². The molecule has 20 heavy (non-hydrogen) atoms. The Morgan fingerprint density at radius 3 is 2.25 bits per heavy atom. The Morgan fingerprint density at radius 1 is 1.10 bits per heavy atom. The van der Waals surface area contributed by atoms with Gasteiger partial charge in [-0.05, 0) is 42.9 Å². The van der Waals surface area contributed by atoms with Crippen LogP contribution in [0.25, 0.3) is 0 Å². The van der Waals surface area contributed by atoms with Gasteiger partial charge in [0.25, 0.3) is 0 Å². The van der Waals surface area contributed by atoms with Crippen molar-refractivity contribution < 1.29 is 17.6 Å². The first-order valence-electron chi connectivity index (χ1n) is 6.92. The van der Waals surface area contributed by atoms with Gasteiger partial charge in [0.1, 0.15) is 5.82 Å². The van der Waals surface area contributed by atoms with Crippen LogP contribution in [0.3, 0.4) is 0 Å². The minimum absolute atomic E-state index is 0.0155. The van der Waals surface area contributed by atoms with Gasteiger partial charge in [0, 0.05) is 6.04 Å². The Hall–Kier alpha value is -1.26. The van der Waals surface area contributed by atoms with Gasteiger partial charge in [0.15, 0.2) is 0 Å². The molecule has 0 saturated heterocycles. The molecule has 0 radical (unpaired) electrons. The predicted molar refractivity (Wildman–Crippen MR) is 71.0 cm³/mol. The second-order valence-electron chi connectivity index (χ2n) is 5.75. The van der Waals surface area contributed by atoms with Crippen molar-refractivity contribution in [3.05, 3.63) is 29.6 Å². The van der Waals surface area contributed by atoms with Crippen molar-refractivity contribution in [2.24, 2.45) is 11.8 Å². The van der Waals surface area contributed by atoms with E-state index >= 15 is 0 Å². The third kappa shape index (κ3) is 3.25. The molecular weight excluding hydrogens is 270 g/mol. The van der Waals surface area contributed by atoms with Crippen molar-refractivity contribution in [3.8, 4) is 0 Å². The first kappa shape index (κ1) is 15.1. The molecule has 1 aliphatic carbocycles. The van der Waals surface area contributed by atoms with Crippen LogP contribution in [-0.4, -0.2) is 6.04 Å². The maximum atomic E-state index is 13.7. The number of rotatable bonds is 2. The van der Waals surface area contributed by atoms with Crippen molar-refractivity contribution in [3.63, 3.8) is 0 Å². The molecule has 0 aromatic heterocycles. The Kier molecular flexibility index (Phi) is 4.25. The Bertz CT molecular complexity index is 459. The molecule has 1 saturated carbocycles. The highest BCUT2D eigenvalue weighted by Crippen LogP contribution is 2.35. The minimum atomic E-state index is -4.45. The lowest BCUT2D eigenvalue weighted by Gasteiger charge is -2.36. The summed E-state index contributed by atoms with van der Waals surface area (Å²) in [7, 11) is 0. The van der Waals surface area contributed by atoms with Gasteiger partial charge in [0.05, 0.1) is 11.3 Å². The molecule has 0 spiro atoms. The molecule has 112 valence electrons. The standard InChI is InChI=1S/C15H19F4N/c1-9-4-3-5-10(2)14(9)20-13-8-11(15(17,18)19)6-7-12(13)16/h6-10,14,20H,3-5H2,1-2H3. The topological polar surface area (TPSA) is 12.0 Å². The molecule has 2 unspecified atom stereocenters. The highest BCUT2D eigenvalue weighted by Gasteiger charge is 2.32. The van der Waals surface area contributed by atoms with Crippen molar-refractivity contribution in [1.82, 2.24) is 0 Å². The second kappa shape index (κ2) is 5.62. The van der Waals surface area contributed by atoms with Crippen molar-refractivity contribution >= 4 is 5.69 Å². The zero-order valence-corrected chi connectivity index (χ0v) is 11.6. The van der Waals surface area contributed by atoms with Crippen LogP contribution in [0.4, 0.5) is 23.2 Å². The largest absolute Gasteiger partial charge is 0.416 e. The van der Waals surface area contributed by atoms with Crippen LogP contribution in [0.2, 0.25) is 0 Å². The number of halogens is 4. The van der Waals surface area contributed by atoms with Gasteiger partial charge in [-0.1, -0.05) is 20.3 Å². The first-order chi connectivity index (χ1) is 9.29. The number of alkyl halides is 3. The van der Waals surface area contributed by atoms with E-state index in [0.29, 0.717) is 11.8 Å². The first-order valence-corrected chi connectivity index (χ1v) is 6.92. The molecule has 5 heteroatoms. The summed E-state index contributed by atoms with van der Waals surface area (Å²) in [5.74, 6) is 0.0170. The highest BCUT2D eigenvalue weighted by atomic mass is 19.4. The van der Waals surface area contributed by atoms with Gasteiger partial charge in [0.2, 0.25) is 0 Å². The van der Waals surface area contributed by atoms with Crippen LogP contribution in [-0.2, 0) is 6.18 Å². The Labute approximate surface area is 116 Å². The van der Waals surface area contributed by atoms with E-state index in [4.69, 9.17) is 0 Å². The van der Waals surface area contributed by atoms with Gasteiger partial charge < -0.3 is 5.32 Å². The van der Waals surface area contributed by atoms with Crippen LogP contribution in [0, 0.1) is 17.7 Å². The lowest BCUT2D eigenvalue weighted by molar-refractivity contribution is -0.137. The van der Waals surface area contributed by atoms with Gasteiger partial charge in [-0.25, -0.2) is 4.39 Å². The minimum Gasteiger partial charge on any atom is -0.379 e. The summed E-state index contributed by atoms with van der Waals surface area (Å²) in [6, 6.07) is 2.53. The zero-order valence-electron chi connectivity index (χ0n) is 11.6. The molecule has 1 nitrogen and oxygen atoms in total. The van der Waals surface area contributed by atoms with E-state index in [1.54, 1.807) is 0 Å². The summed E-state index contributed by atoms with van der Waals surface area (Å²) >= 11 is 0. The molecule has 1 fully saturated rings. The summed E-state index contributed by atoms with van der Waals surface area (Å²) < 4.78 is 51.8. The highest BCUT2D eigenvalue weighted by molar-refractivity contribution is 5.49. The molecule has 2 atom stereocenters. The Morgan fingerprint density at radius 2 is 1.70 bits per heavy atom. The normalized spacial score (nSPS) is 27.4. The monoisotopic (exact) mass is 289 g/mol. The van der Waals surface area contributed by atoms with Crippen LogP contribution in [0.5, 0.6) is 0 Å². The fraction of sp³-hybridized carbons (Fsp3) is 0.600. The summed E-state index contributed by atoms with van der Waals surface area (Å²) in [5, 5.41) is 2.99. The molecule has 2 rings (SSSR count). The molecular formula is C15H19F4N. The quantitative estimate of drug-likeness (QED) is 0.748. The maximum absolute atomic E-state index is 13.7. The predicted octanol–water partition coefficient (Wildman–Crippen LogP) is 5.08. The van der Waals surface area contributed by atoms with Gasteiger partial charge in [-0.3, -0.25) is 0 Å². The van der Waals surface area contributed by atoms with E-state index in [2.05, 4.69) is 19.2 Å². The number of hydrogen-bond acceptors (Lipinski definition) is 1. The number of benzene rings is 1. The van der Waals surface area contributed by atoms with Gasteiger partial charge in [-0.15, -0.1) is 0 Å². The SMILES string of the molecule is CC1CCCC(C)C1Nc1cc(C(F)(F)F)ccc1F. The van der Waals surface area contributed by atoms with E-state index in [-0.39, 0.29) is 11.7 Å². The third-order valence-electron chi connectivity index (χ3n) is 4.16. The fourth-order valence-corrected chi connectivity index (χ4v) is 2.96. The molecule has 0 amide bonds. The average molecular weight is 289 g/mol. The Balaban J connectivity index is 2.24. The van der Waals surface area contributed by atoms with Crippen LogP contribution < -0.4 is 5.32 Å². The van der Waals surface area contributed by atoms with E-state index in [1.165, 1.54) is 0 Å². The molecule has 1 aromatic rings. The van der Waals surface area contributed by atoms with E-state index < -0.39 is 17.6 Å². The fourth-order valence-electron chi connectivity index (χ4n) is 2.96. The number of nitrogens with one attached hydrogen (secondary N) is 1. The smallest absolute Gasteiger partial charge is 0.379 e. The summed E-state index contributed by atoms with van der Waals surface area (Å²) in [5.41, 5.74) is -0.872. The van der Waals surface area contributed by atoms with Crippen LogP contribution in [0.1, 0.15) is 38.7 Å². The van der Waals surface area contributed by atoms with Crippen LogP contribution in [0.15, 0.2) is 18.2 Å². The van der Waals surface area contributed by atoms with Gasteiger partial charge >= 0.3 is 6.18 Å². The molecule has 0 bridgehead atoms. The lowest BCUT2D eigenvalue weighted by atomic mass is 9.78. The van der Waals surface area contributed by atoms with Crippen molar-refractivity contribution in [2.45, 2.75) is 45.3 Å². The number of hydrogen-bond donors (Lipinski definition) is 1. The maximum Gasteiger partial charge on any atom is 0.416 e. The summed E-state index contributed by atoms with van der Waals surface area (Å²) in [6.07, 6.45) is -1.30. The van der Waals surface area contributed by atoms with E-state index in [9.17, 15) is 17.6 Å². The van der Waals surface area contributed by atoms with Crippen molar-refractivity contribution in [1.29, 1.82) is 0 Å². The van der Waals surface area contributed by atoms with Crippen LogP contribution >= 0.6 is 0 Å². The second-order valence-corrected chi connectivity index (χ2v) is 5.75. The average Bonchev–Trinajstić information content (AvgIpc) is 2.34. The molecule has 1 aromatic carbocycles. The molecule has 1 aliphatic rings. The summed E-state index contributed by atoms with van der Waals surface area (Å²) in [6.45, 7) is 4.11. The molecule has 0 aliphatic heterocycles. The number of anilines is 1. The zero-order chi connectivity index (χ0) is 14.9. The lowest BCUT2D eigenvalue weighted by Crippen LogP contribution is -2.37. The van der Waals surface area contributed by atoms with Crippen molar-refractivity contribution in [2.75, 3.05) is 5.32 Å².